The fraction of sp³-hybridized carbons (Fsp3) is 0.0833. The molecular weight excluding hydrogens is 384 g/mol. The number of Topliss-reactive ketones (excluding diaryl/α,β-unsaturated/α-hetero) is 1. The maximum absolute atomic E-state index is 12.7. The lowest BCUT2D eigenvalue weighted by Crippen LogP contribution is -2.10. The number of allylic oxidation sites excluding steroid dienone is 3. The van der Waals surface area contributed by atoms with Gasteiger partial charge in [0, 0.05) is 10.9 Å². The van der Waals surface area contributed by atoms with Crippen molar-refractivity contribution in [1.29, 1.82) is 0 Å². The minimum Gasteiger partial charge on any atom is -0.452 e. The van der Waals surface area contributed by atoms with Gasteiger partial charge in [0.2, 0.25) is 5.78 Å². The van der Waals surface area contributed by atoms with E-state index in [9.17, 15) is 9.59 Å². The molecule has 0 N–H and O–H groups in total. The number of rotatable bonds is 5. The second kappa shape index (κ2) is 8.29. The lowest BCUT2D eigenvalue weighted by Gasteiger charge is -2.07. The Morgan fingerprint density at radius 2 is 1.97 bits per heavy atom. The number of hydrogen-bond donors (Lipinski definition) is 0. The second-order valence-electron chi connectivity index (χ2n) is 6.58. The number of thiophene rings is 1. The van der Waals surface area contributed by atoms with E-state index in [0.29, 0.717) is 22.6 Å². The number of fused-ring (bicyclic) bond motifs is 1. The minimum absolute atomic E-state index is 0.174. The van der Waals surface area contributed by atoms with Gasteiger partial charge < -0.3 is 9.47 Å². The highest BCUT2D eigenvalue weighted by Gasteiger charge is 2.29. The zero-order valence-corrected chi connectivity index (χ0v) is 16.6. The van der Waals surface area contributed by atoms with Crippen LogP contribution in [-0.4, -0.2) is 11.8 Å². The maximum Gasteiger partial charge on any atom is 0.316 e. The fourth-order valence-electron chi connectivity index (χ4n) is 3.08. The minimum atomic E-state index is -0.349. The van der Waals surface area contributed by atoms with Crippen LogP contribution in [0.5, 0.6) is 11.5 Å². The van der Waals surface area contributed by atoms with Crippen molar-refractivity contribution < 1.29 is 19.1 Å². The SMILES string of the molecule is Cc1cc(OC(=O)Cc2cccs2)cc2c1C(=O)/C(=C/C=C/c1ccccc1)O2. The zero-order valence-electron chi connectivity index (χ0n) is 15.8. The number of ether oxygens (including phenoxy) is 2. The van der Waals surface area contributed by atoms with Crippen molar-refractivity contribution in [2.45, 2.75) is 13.3 Å². The van der Waals surface area contributed by atoms with Crippen molar-refractivity contribution in [2.24, 2.45) is 0 Å². The number of ketones is 1. The van der Waals surface area contributed by atoms with E-state index < -0.39 is 0 Å². The molecule has 0 amide bonds. The van der Waals surface area contributed by atoms with Crippen LogP contribution in [0.25, 0.3) is 6.08 Å². The van der Waals surface area contributed by atoms with E-state index in [1.54, 1.807) is 31.2 Å². The Kier molecular flexibility index (Phi) is 5.40. The van der Waals surface area contributed by atoms with Gasteiger partial charge in [0.25, 0.3) is 0 Å². The molecule has 0 spiro atoms. The molecule has 4 rings (SSSR count). The summed E-state index contributed by atoms with van der Waals surface area (Å²) in [4.78, 5) is 25.8. The molecule has 0 bridgehead atoms. The van der Waals surface area contributed by atoms with Crippen LogP contribution < -0.4 is 9.47 Å². The Bertz CT molecular complexity index is 1110. The summed E-state index contributed by atoms with van der Waals surface area (Å²) in [5, 5.41) is 1.92. The first kappa shape index (κ1) is 18.9. The predicted molar refractivity (Wildman–Crippen MR) is 113 cm³/mol. The molecule has 0 unspecified atom stereocenters. The quantitative estimate of drug-likeness (QED) is 0.327. The molecule has 2 aromatic carbocycles. The van der Waals surface area contributed by atoms with E-state index in [1.807, 2.05) is 53.9 Å². The molecule has 0 saturated heterocycles. The van der Waals surface area contributed by atoms with Crippen LogP contribution in [0, 0.1) is 6.92 Å². The lowest BCUT2D eigenvalue weighted by atomic mass is 10.0. The van der Waals surface area contributed by atoms with E-state index in [-0.39, 0.29) is 23.9 Å². The molecule has 1 aliphatic rings. The number of hydrogen-bond acceptors (Lipinski definition) is 5. The fourth-order valence-corrected chi connectivity index (χ4v) is 3.78. The number of benzene rings is 2. The summed E-state index contributed by atoms with van der Waals surface area (Å²) in [6, 6.07) is 16.9. The Morgan fingerprint density at radius 3 is 2.72 bits per heavy atom. The Hall–Kier alpha value is -3.44. The smallest absolute Gasteiger partial charge is 0.316 e. The Balaban J connectivity index is 1.49. The Morgan fingerprint density at radius 1 is 1.14 bits per heavy atom. The predicted octanol–water partition coefficient (Wildman–Crippen LogP) is 5.38. The standard InChI is InChI=1S/C24H18O4S/c1-16-13-18(27-22(25)15-19-10-6-12-29-19)14-21-23(16)24(26)20(28-21)11-5-9-17-7-3-2-4-8-17/h2-14H,15H2,1H3/b9-5+,20-11-. The van der Waals surface area contributed by atoms with E-state index in [2.05, 4.69) is 0 Å². The molecule has 3 aromatic rings. The highest BCUT2D eigenvalue weighted by atomic mass is 32.1. The van der Waals surface area contributed by atoms with Crippen molar-refractivity contribution in [3.05, 3.63) is 99.5 Å². The van der Waals surface area contributed by atoms with Crippen molar-refractivity contribution >= 4 is 29.2 Å². The zero-order chi connectivity index (χ0) is 20.2. The molecule has 0 aliphatic carbocycles. The summed E-state index contributed by atoms with van der Waals surface area (Å²) in [6.45, 7) is 1.81. The van der Waals surface area contributed by atoms with E-state index in [1.165, 1.54) is 11.3 Å². The van der Waals surface area contributed by atoms with E-state index in [0.717, 1.165) is 10.4 Å². The van der Waals surface area contributed by atoms with Crippen LogP contribution in [0.15, 0.2) is 77.9 Å². The molecule has 0 radical (unpaired) electrons. The largest absolute Gasteiger partial charge is 0.452 e. The lowest BCUT2D eigenvalue weighted by molar-refractivity contribution is -0.133. The van der Waals surface area contributed by atoms with Crippen LogP contribution in [0.1, 0.15) is 26.4 Å². The Labute approximate surface area is 172 Å². The molecule has 0 saturated carbocycles. The number of carbonyl (C=O) groups is 2. The third kappa shape index (κ3) is 4.36. The van der Waals surface area contributed by atoms with Crippen LogP contribution in [0.3, 0.4) is 0 Å². The number of aryl methyl sites for hydroxylation is 1. The van der Waals surface area contributed by atoms with Gasteiger partial charge in [-0.05, 0) is 41.6 Å². The van der Waals surface area contributed by atoms with Gasteiger partial charge in [-0.15, -0.1) is 11.3 Å². The first-order valence-electron chi connectivity index (χ1n) is 9.14. The normalized spacial score (nSPS) is 14.2. The molecule has 1 aliphatic heterocycles. The van der Waals surface area contributed by atoms with Gasteiger partial charge in [-0.1, -0.05) is 48.6 Å². The molecule has 0 atom stereocenters. The van der Waals surface area contributed by atoms with Crippen molar-refractivity contribution in [3.63, 3.8) is 0 Å². The third-order valence-electron chi connectivity index (χ3n) is 4.41. The highest BCUT2D eigenvalue weighted by molar-refractivity contribution is 7.10. The summed E-state index contributed by atoms with van der Waals surface area (Å²) in [6.07, 6.45) is 5.54. The van der Waals surface area contributed by atoms with E-state index >= 15 is 0 Å². The van der Waals surface area contributed by atoms with Crippen molar-refractivity contribution in [3.8, 4) is 11.5 Å². The highest BCUT2D eigenvalue weighted by Crippen LogP contribution is 2.37. The third-order valence-corrected chi connectivity index (χ3v) is 5.29. The number of carbonyl (C=O) groups excluding carboxylic acids is 2. The topological polar surface area (TPSA) is 52.6 Å². The summed E-state index contributed by atoms with van der Waals surface area (Å²) in [5.41, 5.74) is 2.24. The van der Waals surface area contributed by atoms with Gasteiger partial charge >= 0.3 is 5.97 Å². The van der Waals surface area contributed by atoms with Crippen LogP contribution in [0.4, 0.5) is 0 Å². The summed E-state index contributed by atoms with van der Waals surface area (Å²) in [7, 11) is 0. The van der Waals surface area contributed by atoms with Crippen LogP contribution in [0.2, 0.25) is 0 Å². The van der Waals surface area contributed by atoms with Gasteiger partial charge in [0.05, 0.1) is 12.0 Å². The molecular formula is C24H18O4S. The molecule has 29 heavy (non-hydrogen) atoms. The molecule has 0 fully saturated rings. The van der Waals surface area contributed by atoms with E-state index in [4.69, 9.17) is 9.47 Å². The van der Waals surface area contributed by atoms with Crippen molar-refractivity contribution in [1.82, 2.24) is 0 Å². The van der Waals surface area contributed by atoms with Gasteiger partial charge in [-0.3, -0.25) is 9.59 Å². The summed E-state index contributed by atoms with van der Waals surface area (Å²) < 4.78 is 11.2. The average molecular weight is 402 g/mol. The average Bonchev–Trinajstić information content (AvgIpc) is 3.31. The first-order valence-corrected chi connectivity index (χ1v) is 10.0. The second-order valence-corrected chi connectivity index (χ2v) is 7.61. The number of esters is 1. The molecule has 2 heterocycles. The van der Waals surface area contributed by atoms with Crippen molar-refractivity contribution in [2.75, 3.05) is 0 Å². The van der Waals surface area contributed by atoms with Gasteiger partial charge in [-0.2, -0.15) is 0 Å². The summed E-state index contributed by atoms with van der Waals surface area (Å²) >= 11 is 1.51. The van der Waals surface area contributed by atoms with Gasteiger partial charge in [0.15, 0.2) is 5.76 Å². The molecule has 4 nitrogen and oxygen atoms in total. The molecule has 1 aromatic heterocycles. The van der Waals surface area contributed by atoms with Crippen LogP contribution in [-0.2, 0) is 11.2 Å². The maximum atomic E-state index is 12.7. The monoisotopic (exact) mass is 402 g/mol. The molecule has 144 valence electrons. The van der Waals surface area contributed by atoms with Gasteiger partial charge in [0.1, 0.15) is 11.5 Å². The van der Waals surface area contributed by atoms with Gasteiger partial charge in [-0.25, -0.2) is 0 Å². The molecule has 5 heteroatoms. The summed E-state index contributed by atoms with van der Waals surface area (Å²) in [5.74, 6) is 0.506. The first-order chi connectivity index (χ1) is 14.1. The van der Waals surface area contributed by atoms with Crippen LogP contribution >= 0.6 is 11.3 Å².